The molecule has 1 aliphatic rings. The Morgan fingerprint density at radius 1 is 1.28 bits per heavy atom. The molecule has 1 aliphatic heterocycles. The van der Waals surface area contributed by atoms with Gasteiger partial charge in [-0.15, -0.1) is 24.0 Å². The molecule has 2 heterocycles. The fourth-order valence-corrected chi connectivity index (χ4v) is 3.62. The first-order valence-corrected chi connectivity index (χ1v) is 10.2. The van der Waals surface area contributed by atoms with Crippen LogP contribution >= 0.6 is 47.2 Å². The van der Waals surface area contributed by atoms with E-state index in [9.17, 15) is 0 Å². The zero-order valence-electron chi connectivity index (χ0n) is 16.5. The molecule has 0 amide bonds. The predicted molar refractivity (Wildman–Crippen MR) is 126 cm³/mol. The Labute approximate surface area is 198 Å². The Balaban J connectivity index is 0.00000300. The van der Waals surface area contributed by atoms with Gasteiger partial charge in [0.05, 0.1) is 6.61 Å². The molecule has 10 heteroatoms. The SMILES string of the molecule is CCNC(=NCc1nc(C)no1)N1CCC(COc2cc(Cl)cc(Cl)c2)CC1.I. The van der Waals surface area contributed by atoms with Gasteiger partial charge in [-0.2, -0.15) is 4.98 Å². The average Bonchev–Trinajstić information content (AvgIpc) is 3.08. The van der Waals surface area contributed by atoms with Crippen LogP contribution in [0.1, 0.15) is 31.5 Å². The zero-order valence-corrected chi connectivity index (χ0v) is 20.4. The molecule has 29 heavy (non-hydrogen) atoms. The van der Waals surface area contributed by atoms with E-state index in [2.05, 4.69) is 32.3 Å². The first kappa shape index (κ1) is 24.0. The van der Waals surface area contributed by atoms with Crippen LogP contribution < -0.4 is 10.1 Å². The van der Waals surface area contributed by atoms with Crippen LogP contribution in [0.2, 0.25) is 10.0 Å². The Bertz CT molecular complexity index is 789. The number of nitrogens with one attached hydrogen (secondary N) is 1. The molecule has 160 valence electrons. The summed E-state index contributed by atoms with van der Waals surface area (Å²) >= 11 is 12.0. The molecule has 1 fully saturated rings. The first-order chi connectivity index (χ1) is 13.5. The van der Waals surface area contributed by atoms with Gasteiger partial charge in [0.2, 0.25) is 5.89 Å². The maximum Gasteiger partial charge on any atom is 0.248 e. The Morgan fingerprint density at radius 3 is 2.55 bits per heavy atom. The van der Waals surface area contributed by atoms with E-state index in [-0.39, 0.29) is 24.0 Å². The second kappa shape index (κ2) is 11.8. The zero-order chi connectivity index (χ0) is 19.9. The highest BCUT2D eigenvalue weighted by Gasteiger charge is 2.22. The van der Waals surface area contributed by atoms with E-state index in [4.69, 9.17) is 32.5 Å². The molecular formula is C19H26Cl2IN5O2. The first-order valence-electron chi connectivity index (χ1n) is 9.45. The summed E-state index contributed by atoms with van der Waals surface area (Å²) in [4.78, 5) is 11.1. The van der Waals surface area contributed by atoms with Gasteiger partial charge >= 0.3 is 0 Å². The summed E-state index contributed by atoms with van der Waals surface area (Å²) in [7, 11) is 0. The lowest BCUT2D eigenvalue weighted by molar-refractivity contribution is 0.179. The highest BCUT2D eigenvalue weighted by Crippen LogP contribution is 2.26. The van der Waals surface area contributed by atoms with Crippen molar-refractivity contribution in [3.8, 4) is 5.75 Å². The van der Waals surface area contributed by atoms with Gasteiger partial charge in [-0.3, -0.25) is 0 Å². The van der Waals surface area contributed by atoms with E-state index < -0.39 is 0 Å². The van der Waals surface area contributed by atoms with Crippen LogP contribution in [0.25, 0.3) is 0 Å². The van der Waals surface area contributed by atoms with E-state index >= 15 is 0 Å². The van der Waals surface area contributed by atoms with Crippen LogP contribution in [-0.2, 0) is 6.54 Å². The molecule has 0 saturated carbocycles. The molecule has 0 radical (unpaired) electrons. The highest BCUT2D eigenvalue weighted by atomic mass is 127. The van der Waals surface area contributed by atoms with E-state index in [0.717, 1.165) is 38.4 Å². The number of nitrogens with zero attached hydrogens (tertiary/aromatic N) is 4. The lowest BCUT2D eigenvalue weighted by Gasteiger charge is -2.34. The number of ether oxygens (including phenoxy) is 1. The Hall–Kier alpha value is -1.26. The van der Waals surface area contributed by atoms with Gasteiger partial charge in [0.15, 0.2) is 11.8 Å². The van der Waals surface area contributed by atoms with E-state index in [0.29, 0.717) is 46.6 Å². The summed E-state index contributed by atoms with van der Waals surface area (Å²) in [6.07, 6.45) is 2.05. The van der Waals surface area contributed by atoms with Gasteiger partial charge in [0.1, 0.15) is 12.3 Å². The van der Waals surface area contributed by atoms with E-state index in [1.165, 1.54) is 0 Å². The van der Waals surface area contributed by atoms with Crippen LogP contribution in [0.15, 0.2) is 27.7 Å². The quantitative estimate of drug-likeness (QED) is 0.321. The molecular weight excluding hydrogens is 528 g/mol. The van der Waals surface area contributed by atoms with Crippen molar-refractivity contribution in [2.45, 2.75) is 33.2 Å². The highest BCUT2D eigenvalue weighted by molar-refractivity contribution is 14.0. The fourth-order valence-electron chi connectivity index (χ4n) is 3.11. The molecule has 0 aliphatic carbocycles. The fraction of sp³-hybridized carbons (Fsp3) is 0.526. The smallest absolute Gasteiger partial charge is 0.248 e. The second-order valence-electron chi connectivity index (χ2n) is 6.75. The number of aryl methyl sites for hydroxylation is 1. The maximum absolute atomic E-state index is 6.02. The average molecular weight is 554 g/mol. The van der Waals surface area contributed by atoms with Gasteiger partial charge in [0, 0.05) is 29.7 Å². The van der Waals surface area contributed by atoms with Crippen LogP contribution in [0.4, 0.5) is 0 Å². The van der Waals surface area contributed by atoms with Gasteiger partial charge in [-0.1, -0.05) is 28.4 Å². The third kappa shape index (κ3) is 7.49. The summed E-state index contributed by atoms with van der Waals surface area (Å²) < 4.78 is 11.0. The molecule has 2 aromatic rings. The molecule has 0 atom stereocenters. The third-order valence-corrected chi connectivity index (χ3v) is 4.94. The normalized spacial score (nSPS) is 15.2. The molecule has 0 unspecified atom stereocenters. The number of benzene rings is 1. The molecule has 1 N–H and O–H groups in total. The number of likely N-dealkylation sites (tertiary alicyclic amines) is 1. The van der Waals surface area contributed by atoms with Crippen molar-refractivity contribution in [3.63, 3.8) is 0 Å². The third-order valence-electron chi connectivity index (χ3n) is 4.50. The molecule has 3 rings (SSSR count). The monoisotopic (exact) mass is 553 g/mol. The van der Waals surface area contributed by atoms with Gasteiger partial charge in [-0.25, -0.2) is 4.99 Å². The molecule has 1 aromatic heterocycles. The minimum atomic E-state index is 0. The van der Waals surface area contributed by atoms with Crippen molar-refractivity contribution in [1.29, 1.82) is 0 Å². The van der Waals surface area contributed by atoms with Crippen LogP contribution in [-0.4, -0.2) is 47.2 Å². The molecule has 7 nitrogen and oxygen atoms in total. The van der Waals surface area contributed by atoms with Crippen molar-refractivity contribution in [3.05, 3.63) is 40.0 Å². The predicted octanol–water partition coefficient (Wildman–Crippen LogP) is 4.56. The van der Waals surface area contributed by atoms with Crippen molar-refractivity contribution >= 4 is 53.1 Å². The number of aliphatic imine (C=N–C) groups is 1. The minimum absolute atomic E-state index is 0. The minimum Gasteiger partial charge on any atom is -0.493 e. The molecule has 1 aromatic carbocycles. The summed E-state index contributed by atoms with van der Waals surface area (Å²) in [5.74, 6) is 3.22. The Morgan fingerprint density at radius 2 is 1.97 bits per heavy atom. The number of aromatic nitrogens is 2. The summed E-state index contributed by atoms with van der Waals surface area (Å²) in [5.41, 5.74) is 0. The Kier molecular flexibility index (Phi) is 9.78. The topological polar surface area (TPSA) is 75.8 Å². The molecule has 0 spiro atoms. The second-order valence-corrected chi connectivity index (χ2v) is 7.62. The van der Waals surface area contributed by atoms with E-state index in [1.807, 2.05) is 0 Å². The summed E-state index contributed by atoms with van der Waals surface area (Å²) in [6.45, 7) is 7.52. The number of rotatable bonds is 6. The lowest BCUT2D eigenvalue weighted by Crippen LogP contribution is -2.46. The van der Waals surface area contributed by atoms with Crippen molar-refractivity contribution < 1.29 is 9.26 Å². The lowest BCUT2D eigenvalue weighted by atomic mass is 9.98. The number of hydrogen-bond donors (Lipinski definition) is 1. The standard InChI is InChI=1S/C19H25Cl2N5O2.HI/c1-3-22-19(23-11-18-24-13(2)25-28-18)26-6-4-14(5-7-26)12-27-17-9-15(20)8-16(21)10-17;/h8-10,14H,3-7,11-12H2,1-2H3,(H,22,23);1H. The number of piperidine rings is 1. The number of halogens is 3. The van der Waals surface area contributed by atoms with Crippen molar-refractivity contribution in [2.24, 2.45) is 10.9 Å². The van der Waals surface area contributed by atoms with Gasteiger partial charge < -0.3 is 19.5 Å². The van der Waals surface area contributed by atoms with Crippen LogP contribution in [0.5, 0.6) is 5.75 Å². The molecule has 1 saturated heterocycles. The van der Waals surface area contributed by atoms with Crippen LogP contribution in [0.3, 0.4) is 0 Å². The maximum atomic E-state index is 6.02. The van der Waals surface area contributed by atoms with E-state index in [1.54, 1.807) is 25.1 Å². The summed E-state index contributed by atoms with van der Waals surface area (Å²) in [6, 6.07) is 5.28. The summed E-state index contributed by atoms with van der Waals surface area (Å²) in [5, 5.41) is 8.31. The van der Waals surface area contributed by atoms with Crippen molar-refractivity contribution in [1.82, 2.24) is 20.4 Å². The number of hydrogen-bond acceptors (Lipinski definition) is 5. The molecule has 0 bridgehead atoms. The van der Waals surface area contributed by atoms with Crippen molar-refractivity contribution in [2.75, 3.05) is 26.2 Å². The van der Waals surface area contributed by atoms with Crippen LogP contribution in [0, 0.1) is 12.8 Å². The largest absolute Gasteiger partial charge is 0.493 e. The van der Waals surface area contributed by atoms with Gasteiger partial charge in [-0.05, 0) is 50.8 Å². The number of guanidine groups is 1. The van der Waals surface area contributed by atoms with Gasteiger partial charge in [0.25, 0.3) is 0 Å².